The summed E-state index contributed by atoms with van der Waals surface area (Å²) in [6.45, 7) is 6.75. The topological polar surface area (TPSA) is 51.7 Å². The van der Waals surface area contributed by atoms with Crippen LogP contribution in [0.15, 0.2) is 36.7 Å². The minimum Gasteiger partial charge on any atom is -0.487 e. The van der Waals surface area contributed by atoms with Crippen LogP contribution in [0.5, 0.6) is 5.75 Å². The van der Waals surface area contributed by atoms with Gasteiger partial charge in [-0.1, -0.05) is 6.07 Å². The van der Waals surface area contributed by atoms with E-state index in [9.17, 15) is 13.6 Å². The highest BCUT2D eigenvalue weighted by Crippen LogP contribution is 2.30. The molecule has 0 aliphatic carbocycles. The second-order valence-corrected chi connectivity index (χ2v) is 8.23. The first-order chi connectivity index (χ1) is 13.7. The zero-order valence-electron chi connectivity index (χ0n) is 17.0. The molecule has 0 spiro atoms. The molecule has 2 heterocycles. The Labute approximate surface area is 169 Å². The Morgan fingerprint density at radius 2 is 1.83 bits per heavy atom. The fourth-order valence-electron chi connectivity index (χ4n) is 3.21. The Bertz CT molecular complexity index is 822. The molecular formula is C22H26F2N2O3. The van der Waals surface area contributed by atoms with Crippen LogP contribution in [0.4, 0.5) is 13.6 Å². The van der Waals surface area contributed by atoms with E-state index in [4.69, 9.17) is 9.47 Å². The monoisotopic (exact) mass is 404 g/mol. The maximum atomic E-state index is 14.4. The number of carbonyl (C=O) groups is 1. The molecule has 5 nitrogen and oxygen atoms in total. The number of nitrogens with zero attached hydrogens (tertiary/aromatic N) is 2. The predicted molar refractivity (Wildman–Crippen MR) is 106 cm³/mol. The number of halogens is 2. The molecule has 1 fully saturated rings. The van der Waals surface area contributed by atoms with Crippen LogP contribution in [0.25, 0.3) is 11.1 Å². The molecule has 0 unspecified atom stereocenters. The van der Waals surface area contributed by atoms with Gasteiger partial charge in [0.15, 0.2) is 17.4 Å². The molecule has 1 aliphatic rings. The molecule has 156 valence electrons. The molecule has 1 aliphatic heterocycles. The lowest BCUT2D eigenvalue weighted by Crippen LogP contribution is -2.42. The SMILES string of the molecule is CC(C)(C)OC(=O)N1CCC(COc2c(F)cc(-c3cccnc3)cc2F)CC1. The highest BCUT2D eigenvalue weighted by Gasteiger charge is 2.27. The Balaban J connectivity index is 1.55. The van der Waals surface area contributed by atoms with Gasteiger partial charge in [-0.05, 0) is 63.3 Å². The van der Waals surface area contributed by atoms with Gasteiger partial charge in [-0.25, -0.2) is 13.6 Å². The van der Waals surface area contributed by atoms with Gasteiger partial charge in [0.05, 0.1) is 6.61 Å². The maximum absolute atomic E-state index is 14.4. The largest absolute Gasteiger partial charge is 0.487 e. The molecular weight excluding hydrogens is 378 g/mol. The first kappa shape index (κ1) is 21.0. The molecule has 3 rings (SSSR count). The zero-order chi connectivity index (χ0) is 21.0. The lowest BCUT2D eigenvalue weighted by molar-refractivity contribution is 0.0164. The predicted octanol–water partition coefficient (Wildman–Crippen LogP) is 5.05. The molecule has 2 aromatic rings. The fraction of sp³-hybridized carbons (Fsp3) is 0.455. The van der Waals surface area contributed by atoms with Crippen LogP contribution < -0.4 is 4.74 Å². The molecule has 1 saturated heterocycles. The van der Waals surface area contributed by atoms with Crippen LogP contribution in [0, 0.1) is 17.6 Å². The average molecular weight is 404 g/mol. The molecule has 0 N–H and O–H groups in total. The van der Waals surface area contributed by atoms with E-state index in [1.54, 1.807) is 29.4 Å². The van der Waals surface area contributed by atoms with E-state index in [1.807, 2.05) is 20.8 Å². The van der Waals surface area contributed by atoms with Crippen molar-refractivity contribution in [3.63, 3.8) is 0 Å². The first-order valence-corrected chi connectivity index (χ1v) is 9.73. The van der Waals surface area contributed by atoms with Crippen molar-refractivity contribution in [2.75, 3.05) is 19.7 Å². The number of rotatable bonds is 4. The molecule has 7 heteroatoms. The van der Waals surface area contributed by atoms with E-state index in [0.29, 0.717) is 37.1 Å². The number of amides is 1. The number of pyridine rings is 1. The zero-order valence-corrected chi connectivity index (χ0v) is 17.0. The third-order valence-corrected chi connectivity index (χ3v) is 4.72. The second kappa shape index (κ2) is 8.76. The second-order valence-electron chi connectivity index (χ2n) is 8.23. The Kier molecular flexibility index (Phi) is 6.35. The van der Waals surface area contributed by atoms with E-state index in [0.717, 1.165) is 0 Å². The van der Waals surface area contributed by atoms with E-state index < -0.39 is 17.2 Å². The number of aromatic nitrogens is 1. The maximum Gasteiger partial charge on any atom is 0.410 e. The summed E-state index contributed by atoms with van der Waals surface area (Å²) in [5.41, 5.74) is 0.506. The Morgan fingerprint density at radius 3 is 2.38 bits per heavy atom. The molecule has 1 aromatic carbocycles. The average Bonchev–Trinajstić information content (AvgIpc) is 2.67. The minimum absolute atomic E-state index is 0.116. The number of likely N-dealkylation sites (tertiary alicyclic amines) is 1. The number of benzene rings is 1. The quantitative estimate of drug-likeness (QED) is 0.715. The van der Waals surface area contributed by atoms with Crippen molar-refractivity contribution in [2.24, 2.45) is 5.92 Å². The summed E-state index contributed by atoms with van der Waals surface area (Å²) in [4.78, 5) is 17.7. The summed E-state index contributed by atoms with van der Waals surface area (Å²) in [7, 11) is 0. The third-order valence-electron chi connectivity index (χ3n) is 4.72. The van der Waals surface area contributed by atoms with E-state index >= 15 is 0 Å². The van der Waals surface area contributed by atoms with Crippen molar-refractivity contribution < 1.29 is 23.0 Å². The van der Waals surface area contributed by atoms with Gasteiger partial charge in [0, 0.05) is 31.0 Å². The molecule has 0 bridgehead atoms. The number of hydrogen-bond acceptors (Lipinski definition) is 4. The summed E-state index contributed by atoms with van der Waals surface area (Å²) in [6, 6.07) is 5.94. The van der Waals surface area contributed by atoms with Crippen LogP contribution in [0.1, 0.15) is 33.6 Å². The van der Waals surface area contributed by atoms with Crippen molar-refractivity contribution >= 4 is 6.09 Å². The standard InChI is InChI=1S/C22H26F2N2O3/c1-22(2,3)29-21(27)26-9-6-15(7-10-26)14-28-20-18(23)11-17(12-19(20)24)16-5-4-8-25-13-16/h4-5,8,11-13,15H,6-7,9-10,14H2,1-3H3. The van der Waals surface area contributed by atoms with E-state index in [-0.39, 0.29) is 24.4 Å². The Hall–Kier alpha value is -2.70. The molecule has 1 amide bonds. The highest BCUT2D eigenvalue weighted by molar-refractivity contribution is 5.68. The molecule has 1 aromatic heterocycles. The fourth-order valence-corrected chi connectivity index (χ4v) is 3.21. The molecule has 0 atom stereocenters. The van der Waals surface area contributed by atoms with Crippen molar-refractivity contribution in [1.29, 1.82) is 0 Å². The highest BCUT2D eigenvalue weighted by atomic mass is 19.1. The summed E-state index contributed by atoms with van der Waals surface area (Å²) >= 11 is 0. The lowest BCUT2D eigenvalue weighted by atomic mass is 9.98. The normalized spacial score (nSPS) is 15.3. The van der Waals surface area contributed by atoms with Gasteiger partial charge in [0.1, 0.15) is 5.60 Å². The van der Waals surface area contributed by atoms with Gasteiger partial charge >= 0.3 is 6.09 Å². The van der Waals surface area contributed by atoms with Crippen molar-refractivity contribution in [1.82, 2.24) is 9.88 Å². The number of carbonyl (C=O) groups excluding carboxylic acids is 1. The molecule has 0 saturated carbocycles. The number of ether oxygens (including phenoxy) is 2. The van der Waals surface area contributed by atoms with E-state index in [1.165, 1.54) is 12.1 Å². The van der Waals surface area contributed by atoms with Crippen molar-refractivity contribution in [2.45, 2.75) is 39.2 Å². The van der Waals surface area contributed by atoms with Gasteiger partial charge < -0.3 is 14.4 Å². The number of piperidine rings is 1. The summed E-state index contributed by atoms with van der Waals surface area (Å²) in [6.07, 6.45) is 4.20. The lowest BCUT2D eigenvalue weighted by Gasteiger charge is -2.33. The van der Waals surface area contributed by atoms with E-state index in [2.05, 4.69) is 4.98 Å². The van der Waals surface area contributed by atoms with Crippen molar-refractivity contribution in [3.8, 4) is 16.9 Å². The third kappa shape index (κ3) is 5.65. The van der Waals surface area contributed by atoms with Crippen LogP contribution in [0.2, 0.25) is 0 Å². The molecule has 0 radical (unpaired) electrons. The van der Waals surface area contributed by atoms with Crippen LogP contribution in [-0.2, 0) is 4.74 Å². The van der Waals surface area contributed by atoms with Crippen LogP contribution in [0.3, 0.4) is 0 Å². The van der Waals surface area contributed by atoms with Gasteiger partial charge in [0.2, 0.25) is 0 Å². The summed E-state index contributed by atoms with van der Waals surface area (Å²) in [5, 5.41) is 0. The van der Waals surface area contributed by atoms with Gasteiger partial charge in [-0.15, -0.1) is 0 Å². The van der Waals surface area contributed by atoms with Crippen LogP contribution >= 0.6 is 0 Å². The Morgan fingerprint density at radius 1 is 1.17 bits per heavy atom. The van der Waals surface area contributed by atoms with Crippen LogP contribution in [-0.4, -0.2) is 41.3 Å². The number of hydrogen-bond donors (Lipinski definition) is 0. The smallest absolute Gasteiger partial charge is 0.410 e. The van der Waals surface area contributed by atoms with Gasteiger partial charge in [-0.3, -0.25) is 4.98 Å². The van der Waals surface area contributed by atoms with Gasteiger partial charge in [0.25, 0.3) is 0 Å². The summed E-state index contributed by atoms with van der Waals surface area (Å²) < 4.78 is 39.7. The summed E-state index contributed by atoms with van der Waals surface area (Å²) in [5.74, 6) is -1.73. The molecule has 29 heavy (non-hydrogen) atoms. The minimum atomic E-state index is -0.741. The van der Waals surface area contributed by atoms with Crippen molar-refractivity contribution in [3.05, 3.63) is 48.3 Å². The van der Waals surface area contributed by atoms with Gasteiger partial charge in [-0.2, -0.15) is 0 Å². The first-order valence-electron chi connectivity index (χ1n) is 9.73.